The lowest BCUT2D eigenvalue weighted by molar-refractivity contribution is 0.0992. The zero-order valence-corrected chi connectivity index (χ0v) is 11.9. The van der Waals surface area contributed by atoms with Crippen LogP contribution in [0.4, 0.5) is 10.1 Å². The number of anilines is 1. The van der Waals surface area contributed by atoms with Gasteiger partial charge in [-0.3, -0.25) is 4.79 Å². The number of hydrogen-bond acceptors (Lipinski definition) is 2. The molecule has 108 valence electrons. The third-order valence-electron chi connectivity index (χ3n) is 3.89. The van der Waals surface area contributed by atoms with Gasteiger partial charge in [0.15, 0.2) is 0 Å². The van der Waals surface area contributed by atoms with Crippen molar-refractivity contribution in [2.45, 2.75) is 13.0 Å². The molecule has 0 bridgehead atoms. The third kappa shape index (κ3) is 2.67. The Bertz CT molecular complexity index is 667. The van der Waals surface area contributed by atoms with Gasteiger partial charge in [-0.25, -0.2) is 4.39 Å². The number of halogens is 1. The maximum Gasteiger partial charge on any atom is 0.258 e. The molecule has 0 atom stereocenters. The molecule has 1 amide bonds. The quantitative estimate of drug-likeness (QED) is 0.919. The average Bonchev–Trinajstić information content (AvgIpc) is 2.53. The number of hydrogen-bond donors (Lipinski definition) is 1. The number of benzene rings is 2. The second kappa shape index (κ2) is 5.66. The second-order valence-electron chi connectivity index (χ2n) is 5.21. The highest BCUT2D eigenvalue weighted by Gasteiger charge is 2.20. The minimum atomic E-state index is -0.303. The predicted octanol–water partition coefficient (Wildman–Crippen LogP) is 2.75. The van der Waals surface area contributed by atoms with Gasteiger partial charge in [0, 0.05) is 24.8 Å². The van der Waals surface area contributed by atoms with Crippen molar-refractivity contribution < 1.29 is 9.18 Å². The Morgan fingerprint density at radius 2 is 1.95 bits per heavy atom. The molecule has 1 heterocycles. The molecule has 0 saturated heterocycles. The van der Waals surface area contributed by atoms with E-state index in [2.05, 4.69) is 11.4 Å². The Balaban J connectivity index is 1.93. The van der Waals surface area contributed by atoms with E-state index < -0.39 is 0 Å². The highest BCUT2D eigenvalue weighted by Crippen LogP contribution is 2.22. The van der Waals surface area contributed by atoms with Crippen molar-refractivity contribution in [1.29, 1.82) is 0 Å². The van der Waals surface area contributed by atoms with E-state index in [1.54, 1.807) is 24.1 Å². The van der Waals surface area contributed by atoms with Crippen LogP contribution in [0.15, 0.2) is 42.5 Å². The molecule has 3 rings (SSSR count). The minimum Gasteiger partial charge on any atom is -0.312 e. The Hall–Kier alpha value is -2.20. The van der Waals surface area contributed by atoms with Gasteiger partial charge in [0.2, 0.25) is 0 Å². The van der Waals surface area contributed by atoms with Gasteiger partial charge in [-0.1, -0.05) is 12.1 Å². The van der Waals surface area contributed by atoms with Gasteiger partial charge in [0.25, 0.3) is 5.91 Å². The molecule has 2 aromatic rings. The van der Waals surface area contributed by atoms with Crippen molar-refractivity contribution in [3.63, 3.8) is 0 Å². The highest BCUT2D eigenvalue weighted by molar-refractivity contribution is 6.06. The summed E-state index contributed by atoms with van der Waals surface area (Å²) in [5, 5.41) is 3.31. The van der Waals surface area contributed by atoms with E-state index in [0.717, 1.165) is 30.6 Å². The summed E-state index contributed by atoms with van der Waals surface area (Å²) in [6.45, 7) is 1.69. The Morgan fingerprint density at radius 3 is 2.71 bits per heavy atom. The fraction of sp³-hybridized carbons (Fsp3) is 0.235. The molecule has 21 heavy (non-hydrogen) atoms. The van der Waals surface area contributed by atoms with Gasteiger partial charge in [0.05, 0.1) is 0 Å². The van der Waals surface area contributed by atoms with Gasteiger partial charge in [0.1, 0.15) is 5.82 Å². The Morgan fingerprint density at radius 1 is 1.19 bits per heavy atom. The molecule has 1 N–H and O–H groups in total. The van der Waals surface area contributed by atoms with Crippen molar-refractivity contribution in [3.8, 4) is 0 Å². The topological polar surface area (TPSA) is 32.3 Å². The Kier molecular flexibility index (Phi) is 3.71. The van der Waals surface area contributed by atoms with Crippen LogP contribution in [-0.4, -0.2) is 19.5 Å². The summed E-state index contributed by atoms with van der Waals surface area (Å²) in [4.78, 5) is 14.3. The summed E-state index contributed by atoms with van der Waals surface area (Å²) < 4.78 is 13.0. The van der Waals surface area contributed by atoms with Gasteiger partial charge in [-0.2, -0.15) is 0 Å². The molecule has 0 aromatic heterocycles. The average molecular weight is 284 g/mol. The van der Waals surface area contributed by atoms with Crippen LogP contribution in [0.25, 0.3) is 0 Å². The first-order valence-electron chi connectivity index (χ1n) is 7.02. The standard InChI is InChI=1S/C17H17FN2O/c1-20(14-7-5-13(18)6-8-14)17(21)16-4-2-3-12-11-19-10-9-15(12)16/h2-8,19H,9-11H2,1H3. The smallest absolute Gasteiger partial charge is 0.258 e. The molecular weight excluding hydrogens is 267 g/mol. The van der Waals surface area contributed by atoms with E-state index in [0.29, 0.717) is 5.69 Å². The maximum atomic E-state index is 13.0. The van der Waals surface area contributed by atoms with Gasteiger partial charge in [-0.15, -0.1) is 0 Å². The van der Waals surface area contributed by atoms with Crippen LogP contribution in [0, 0.1) is 5.82 Å². The summed E-state index contributed by atoms with van der Waals surface area (Å²) in [5.74, 6) is -0.358. The molecule has 0 fully saturated rings. The van der Waals surface area contributed by atoms with Crippen LogP contribution in [0.5, 0.6) is 0 Å². The first kappa shape index (κ1) is 13.8. The molecule has 1 aliphatic heterocycles. The molecule has 1 aliphatic rings. The minimum absolute atomic E-state index is 0.0552. The number of nitrogens with one attached hydrogen (secondary N) is 1. The van der Waals surface area contributed by atoms with Crippen molar-refractivity contribution in [1.82, 2.24) is 5.32 Å². The van der Waals surface area contributed by atoms with Crippen LogP contribution in [0.1, 0.15) is 21.5 Å². The molecular formula is C17H17FN2O. The molecule has 4 heteroatoms. The van der Waals surface area contributed by atoms with Gasteiger partial charge < -0.3 is 10.2 Å². The fourth-order valence-corrected chi connectivity index (χ4v) is 2.69. The first-order valence-corrected chi connectivity index (χ1v) is 7.02. The summed E-state index contributed by atoms with van der Waals surface area (Å²) in [7, 11) is 1.72. The van der Waals surface area contributed by atoms with Crippen molar-refractivity contribution in [2.24, 2.45) is 0 Å². The third-order valence-corrected chi connectivity index (χ3v) is 3.89. The summed E-state index contributed by atoms with van der Waals surface area (Å²) in [6, 6.07) is 11.8. The van der Waals surface area contributed by atoms with Crippen LogP contribution in [0.2, 0.25) is 0 Å². The van der Waals surface area contributed by atoms with E-state index in [-0.39, 0.29) is 11.7 Å². The molecule has 0 aliphatic carbocycles. The Labute approximate surface area is 123 Å². The van der Waals surface area contributed by atoms with Crippen LogP contribution in [-0.2, 0) is 13.0 Å². The molecule has 0 saturated carbocycles. The summed E-state index contributed by atoms with van der Waals surface area (Å²) in [6.07, 6.45) is 0.856. The normalized spacial score (nSPS) is 13.6. The monoisotopic (exact) mass is 284 g/mol. The van der Waals surface area contributed by atoms with Gasteiger partial charge >= 0.3 is 0 Å². The number of carbonyl (C=O) groups excluding carboxylic acids is 1. The number of carbonyl (C=O) groups is 1. The van der Waals surface area contributed by atoms with E-state index >= 15 is 0 Å². The number of nitrogens with zero attached hydrogens (tertiary/aromatic N) is 1. The lowest BCUT2D eigenvalue weighted by Gasteiger charge is -2.23. The predicted molar refractivity (Wildman–Crippen MR) is 81.0 cm³/mol. The second-order valence-corrected chi connectivity index (χ2v) is 5.21. The molecule has 2 aromatic carbocycles. The maximum absolute atomic E-state index is 13.0. The van der Waals surface area contributed by atoms with E-state index in [1.165, 1.54) is 17.7 Å². The number of amides is 1. The van der Waals surface area contributed by atoms with Gasteiger partial charge in [-0.05, 0) is 54.4 Å². The highest BCUT2D eigenvalue weighted by atomic mass is 19.1. The zero-order valence-electron chi connectivity index (χ0n) is 11.9. The molecule has 3 nitrogen and oxygen atoms in total. The molecule has 0 unspecified atom stereocenters. The largest absolute Gasteiger partial charge is 0.312 e. The molecule has 0 radical (unpaired) electrons. The fourth-order valence-electron chi connectivity index (χ4n) is 2.69. The van der Waals surface area contributed by atoms with Crippen molar-refractivity contribution in [3.05, 3.63) is 65.0 Å². The summed E-state index contributed by atoms with van der Waals surface area (Å²) in [5.41, 5.74) is 3.73. The van der Waals surface area contributed by atoms with E-state index in [4.69, 9.17) is 0 Å². The summed E-state index contributed by atoms with van der Waals surface area (Å²) >= 11 is 0. The molecule has 0 spiro atoms. The van der Waals surface area contributed by atoms with Crippen LogP contribution >= 0.6 is 0 Å². The van der Waals surface area contributed by atoms with E-state index in [9.17, 15) is 9.18 Å². The van der Waals surface area contributed by atoms with Crippen molar-refractivity contribution >= 4 is 11.6 Å². The number of rotatable bonds is 2. The van der Waals surface area contributed by atoms with Crippen LogP contribution in [0.3, 0.4) is 0 Å². The first-order chi connectivity index (χ1) is 10.2. The SMILES string of the molecule is CN(C(=O)c1cccc2c1CCNC2)c1ccc(F)cc1. The lowest BCUT2D eigenvalue weighted by atomic mass is 9.95. The van der Waals surface area contributed by atoms with Crippen molar-refractivity contribution in [2.75, 3.05) is 18.5 Å². The number of fused-ring (bicyclic) bond motifs is 1. The van der Waals surface area contributed by atoms with Crippen LogP contribution < -0.4 is 10.2 Å². The van der Waals surface area contributed by atoms with E-state index in [1.807, 2.05) is 12.1 Å². The lowest BCUT2D eigenvalue weighted by Crippen LogP contribution is -2.30. The zero-order chi connectivity index (χ0) is 14.8.